The number of nitrogens with two attached hydrogens (primary N) is 1. The molecule has 2 N–H and O–H groups in total. The Morgan fingerprint density at radius 3 is 2.94 bits per heavy atom. The van der Waals surface area contributed by atoms with Gasteiger partial charge in [0.05, 0.1) is 18.2 Å². The summed E-state index contributed by atoms with van der Waals surface area (Å²) >= 11 is 0. The molecule has 18 heavy (non-hydrogen) atoms. The first-order chi connectivity index (χ1) is 8.66. The number of hydrogen-bond acceptors (Lipinski definition) is 3. The molecule has 0 radical (unpaired) electrons. The SMILES string of the molecule is Cn1cncc1C(N)c1cc2cccc(F)c2o1. The molecule has 3 rings (SSSR count). The van der Waals surface area contributed by atoms with Crippen molar-refractivity contribution >= 4 is 11.0 Å². The quantitative estimate of drug-likeness (QED) is 0.754. The zero-order valence-electron chi connectivity index (χ0n) is 9.80. The van der Waals surface area contributed by atoms with Crippen molar-refractivity contribution in [3.05, 3.63) is 54.1 Å². The lowest BCUT2D eigenvalue weighted by molar-refractivity contribution is 0.495. The maximum absolute atomic E-state index is 13.5. The fourth-order valence-electron chi connectivity index (χ4n) is 2.01. The van der Waals surface area contributed by atoms with Crippen molar-refractivity contribution in [2.45, 2.75) is 6.04 Å². The summed E-state index contributed by atoms with van der Waals surface area (Å²) in [6, 6.07) is 6.11. The molecule has 0 amide bonds. The van der Waals surface area contributed by atoms with Crippen molar-refractivity contribution in [3.8, 4) is 0 Å². The van der Waals surface area contributed by atoms with Crippen LogP contribution >= 0.6 is 0 Å². The summed E-state index contributed by atoms with van der Waals surface area (Å²) in [7, 11) is 1.85. The third kappa shape index (κ3) is 1.60. The van der Waals surface area contributed by atoms with Crippen molar-refractivity contribution in [2.75, 3.05) is 0 Å². The predicted molar refractivity (Wildman–Crippen MR) is 65.4 cm³/mol. The van der Waals surface area contributed by atoms with Crippen LogP contribution in [-0.4, -0.2) is 9.55 Å². The van der Waals surface area contributed by atoms with Gasteiger partial charge in [0.15, 0.2) is 11.4 Å². The van der Waals surface area contributed by atoms with E-state index in [2.05, 4.69) is 4.98 Å². The molecule has 0 bridgehead atoms. The third-order valence-corrected chi connectivity index (χ3v) is 2.99. The van der Waals surface area contributed by atoms with Gasteiger partial charge < -0.3 is 14.7 Å². The van der Waals surface area contributed by atoms with Crippen LogP contribution < -0.4 is 5.73 Å². The molecule has 5 heteroatoms. The third-order valence-electron chi connectivity index (χ3n) is 2.99. The van der Waals surface area contributed by atoms with Gasteiger partial charge in [0.2, 0.25) is 0 Å². The second kappa shape index (κ2) is 3.96. The van der Waals surface area contributed by atoms with E-state index >= 15 is 0 Å². The molecule has 0 aliphatic carbocycles. The molecule has 0 fully saturated rings. The van der Waals surface area contributed by atoms with Gasteiger partial charge in [-0.3, -0.25) is 0 Å². The number of imidazole rings is 1. The van der Waals surface area contributed by atoms with E-state index in [1.165, 1.54) is 6.07 Å². The van der Waals surface area contributed by atoms with E-state index in [1.807, 2.05) is 11.6 Å². The topological polar surface area (TPSA) is 57.0 Å². The molecule has 0 saturated carbocycles. The summed E-state index contributed by atoms with van der Waals surface area (Å²) < 4.78 is 20.8. The highest BCUT2D eigenvalue weighted by Gasteiger charge is 2.18. The van der Waals surface area contributed by atoms with E-state index in [0.29, 0.717) is 11.1 Å². The van der Waals surface area contributed by atoms with E-state index < -0.39 is 6.04 Å². The van der Waals surface area contributed by atoms with Crippen LogP contribution in [0.3, 0.4) is 0 Å². The predicted octanol–water partition coefficient (Wildman–Crippen LogP) is 2.35. The first kappa shape index (κ1) is 11.0. The Bertz CT molecular complexity index is 701. The Labute approximate surface area is 103 Å². The van der Waals surface area contributed by atoms with Gasteiger partial charge in [-0.05, 0) is 12.1 Å². The summed E-state index contributed by atoms with van der Waals surface area (Å²) in [5.41, 5.74) is 7.15. The van der Waals surface area contributed by atoms with Crippen molar-refractivity contribution in [1.29, 1.82) is 0 Å². The molecule has 0 aliphatic heterocycles. The van der Waals surface area contributed by atoms with Gasteiger partial charge in [0.25, 0.3) is 0 Å². The van der Waals surface area contributed by atoms with Crippen molar-refractivity contribution in [3.63, 3.8) is 0 Å². The van der Waals surface area contributed by atoms with Crippen molar-refractivity contribution < 1.29 is 8.81 Å². The first-order valence-corrected chi connectivity index (χ1v) is 5.56. The lowest BCUT2D eigenvalue weighted by Gasteiger charge is -2.08. The molecule has 4 nitrogen and oxygen atoms in total. The Morgan fingerprint density at radius 2 is 2.28 bits per heavy atom. The number of nitrogens with zero attached hydrogens (tertiary/aromatic N) is 2. The molecule has 0 aliphatic rings. The van der Waals surface area contributed by atoms with E-state index in [4.69, 9.17) is 10.2 Å². The molecular weight excluding hydrogens is 233 g/mol. The molecule has 2 aromatic heterocycles. The van der Waals surface area contributed by atoms with Crippen LogP contribution in [0.5, 0.6) is 0 Å². The fraction of sp³-hybridized carbons (Fsp3) is 0.154. The minimum Gasteiger partial charge on any atom is -0.456 e. The molecule has 2 heterocycles. The van der Waals surface area contributed by atoms with Gasteiger partial charge in [0.1, 0.15) is 11.8 Å². The van der Waals surface area contributed by atoms with Crippen LogP contribution in [0, 0.1) is 5.82 Å². The number of benzene rings is 1. The largest absolute Gasteiger partial charge is 0.456 e. The van der Waals surface area contributed by atoms with Gasteiger partial charge in [-0.1, -0.05) is 12.1 Å². The monoisotopic (exact) mass is 245 g/mol. The summed E-state index contributed by atoms with van der Waals surface area (Å²) in [6.45, 7) is 0. The Hall–Kier alpha value is -2.14. The number of fused-ring (bicyclic) bond motifs is 1. The van der Waals surface area contributed by atoms with Gasteiger partial charge in [-0.2, -0.15) is 0 Å². The second-order valence-electron chi connectivity index (χ2n) is 4.21. The molecular formula is C13H12FN3O. The standard InChI is InChI=1S/C13H12FN3O/c1-17-7-16-6-10(17)12(15)11-5-8-3-2-4-9(14)13(8)18-11/h2-7,12H,15H2,1H3. The molecule has 1 aromatic carbocycles. The highest BCUT2D eigenvalue weighted by molar-refractivity contribution is 5.78. The summed E-state index contributed by atoms with van der Waals surface area (Å²) in [6.07, 6.45) is 3.34. The van der Waals surface area contributed by atoms with Crippen LogP contribution in [-0.2, 0) is 7.05 Å². The maximum atomic E-state index is 13.5. The number of hydrogen-bond donors (Lipinski definition) is 1. The first-order valence-electron chi connectivity index (χ1n) is 5.56. The Morgan fingerprint density at radius 1 is 1.44 bits per heavy atom. The Balaban J connectivity index is 2.10. The molecule has 0 saturated heterocycles. The lowest BCUT2D eigenvalue weighted by atomic mass is 10.1. The zero-order valence-corrected chi connectivity index (χ0v) is 9.80. The van der Waals surface area contributed by atoms with Crippen LogP contribution in [0.15, 0.2) is 41.2 Å². The van der Waals surface area contributed by atoms with Crippen LogP contribution in [0.2, 0.25) is 0 Å². The Kier molecular flexibility index (Phi) is 2.41. The summed E-state index contributed by atoms with van der Waals surface area (Å²) in [4.78, 5) is 4.01. The summed E-state index contributed by atoms with van der Waals surface area (Å²) in [5.74, 6) is 0.148. The summed E-state index contributed by atoms with van der Waals surface area (Å²) in [5, 5.41) is 0.711. The molecule has 92 valence electrons. The van der Waals surface area contributed by atoms with E-state index in [0.717, 1.165) is 5.69 Å². The van der Waals surface area contributed by atoms with Crippen LogP contribution in [0.25, 0.3) is 11.0 Å². The lowest BCUT2D eigenvalue weighted by Crippen LogP contribution is -2.14. The molecule has 0 spiro atoms. The highest BCUT2D eigenvalue weighted by atomic mass is 19.1. The van der Waals surface area contributed by atoms with Gasteiger partial charge in [-0.25, -0.2) is 9.37 Å². The number of aryl methyl sites for hydroxylation is 1. The maximum Gasteiger partial charge on any atom is 0.169 e. The van der Waals surface area contributed by atoms with Gasteiger partial charge >= 0.3 is 0 Å². The van der Waals surface area contributed by atoms with Gasteiger partial charge in [-0.15, -0.1) is 0 Å². The number of rotatable bonds is 2. The van der Waals surface area contributed by atoms with E-state index in [-0.39, 0.29) is 11.4 Å². The molecule has 1 unspecified atom stereocenters. The normalized spacial score (nSPS) is 13.1. The zero-order chi connectivity index (χ0) is 12.7. The molecule has 3 aromatic rings. The average molecular weight is 245 g/mol. The molecule has 1 atom stereocenters. The van der Waals surface area contributed by atoms with Gasteiger partial charge in [0, 0.05) is 12.4 Å². The van der Waals surface area contributed by atoms with E-state index in [9.17, 15) is 4.39 Å². The van der Waals surface area contributed by atoms with Crippen LogP contribution in [0.4, 0.5) is 4.39 Å². The second-order valence-corrected chi connectivity index (χ2v) is 4.21. The van der Waals surface area contributed by atoms with Crippen molar-refractivity contribution in [1.82, 2.24) is 9.55 Å². The highest BCUT2D eigenvalue weighted by Crippen LogP contribution is 2.27. The number of aromatic nitrogens is 2. The minimum absolute atomic E-state index is 0.241. The number of halogens is 1. The average Bonchev–Trinajstić information content (AvgIpc) is 2.95. The number of para-hydroxylation sites is 1. The van der Waals surface area contributed by atoms with Crippen molar-refractivity contribution in [2.24, 2.45) is 12.8 Å². The minimum atomic E-state index is -0.454. The smallest absolute Gasteiger partial charge is 0.169 e. The van der Waals surface area contributed by atoms with E-state index in [1.54, 1.807) is 30.7 Å². The number of furan rings is 1. The fourth-order valence-corrected chi connectivity index (χ4v) is 2.01. The van der Waals surface area contributed by atoms with Crippen LogP contribution in [0.1, 0.15) is 17.5 Å².